The number of anilines is 1. The lowest BCUT2D eigenvalue weighted by molar-refractivity contribution is 0.206. The van der Waals surface area contributed by atoms with Crippen LogP contribution in [0.3, 0.4) is 0 Å². The van der Waals surface area contributed by atoms with Crippen molar-refractivity contribution >= 4 is 5.82 Å². The highest BCUT2D eigenvalue weighted by atomic mass is 19.1. The normalized spacial score (nSPS) is 21.8. The van der Waals surface area contributed by atoms with Crippen LogP contribution in [0.2, 0.25) is 0 Å². The van der Waals surface area contributed by atoms with Crippen LogP contribution in [0.15, 0.2) is 24.4 Å². The second-order valence-electron chi connectivity index (χ2n) is 7.23. The molecule has 9 heteroatoms. The van der Waals surface area contributed by atoms with Crippen molar-refractivity contribution in [2.75, 3.05) is 5.73 Å². The van der Waals surface area contributed by atoms with Gasteiger partial charge in [-0.25, -0.2) is 14.4 Å². The summed E-state index contributed by atoms with van der Waals surface area (Å²) >= 11 is 0. The first kappa shape index (κ1) is 17.4. The van der Waals surface area contributed by atoms with Gasteiger partial charge in [-0.2, -0.15) is 10.4 Å². The number of nitrogens with zero attached hydrogens (tertiary/aromatic N) is 5. The van der Waals surface area contributed by atoms with Crippen LogP contribution in [0.5, 0.6) is 11.6 Å². The minimum Gasteiger partial charge on any atom is -0.489 e. The maximum absolute atomic E-state index is 13.9. The summed E-state index contributed by atoms with van der Waals surface area (Å²) in [7, 11) is 1.71. The summed E-state index contributed by atoms with van der Waals surface area (Å²) in [6, 6.07) is 6.52. The molecule has 2 bridgehead atoms. The molecule has 1 fully saturated rings. The van der Waals surface area contributed by atoms with Gasteiger partial charge >= 0.3 is 0 Å². The molecule has 0 amide bonds. The lowest BCUT2D eigenvalue weighted by atomic mass is 10.1. The van der Waals surface area contributed by atoms with E-state index >= 15 is 0 Å². The number of benzene rings is 1. The van der Waals surface area contributed by atoms with Gasteiger partial charge in [-0.15, -0.1) is 0 Å². The standard InChI is InChI=1S/C20H17FN6O2/c1-9-11-5-10(21)3-4-15(11)29-16-6-12(16)18-17(14(7-22)27(2)26-18)13-8-24-19(23)20(25-13)28-9/h3-5,8-9,12,16H,6H2,1-2H3,(H2,23,24)/t9-,12?,16?/m1/s1. The Labute approximate surface area is 165 Å². The molecule has 5 rings (SSSR count). The molecular formula is C20H17FN6O2. The van der Waals surface area contributed by atoms with E-state index in [0.29, 0.717) is 28.3 Å². The zero-order chi connectivity index (χ0) is 20.3. The summed E-state index contributed by atoms with van der Waals surface area (Å²) in [5, 5.41) is 14.2. The van der Waals surface area contributed by atoms with Gasteiger partial charge in [0.25, 0.3) is 5.88 Å². The number of nitrogens with two attached hydrogens (primary N) is 1. The fraction of sp³-hybridized carbons (Fsp3) is 0.300. The van der Waals surface area contributed by atoms with E-state index in [1.165, 1.54) is 23.0 Å². The summed E-state index contributed by atoms with van der Waals surface area (Å²) in [6.45, 7) is 1.77. The monoisotopic (exact) mass is 392 g/mol. The largest absolute Gasteiger partial charge is 0.489 e. The summed E-state index contributed by atoms with van der Waals surface area (Å²) in [5.74, 6) is 0.352. The van der Waals surface area contributed by atoms with Gasteiger partial charge in [0.2, 0.25) is 0 Å². The Balaban J connectivity index is 1.73. The van der Waals surface area contributed by atoms with Gasteiger partial charge in [0.15, 0.2) is 5.82 Å². The Morgan fingerprint density at radius 3 is 2.97 bits per heavy atom. The topological polar surface area (TPSA) is 112 Å². The number of nitriles is 1. The van der Waals surface area contributed by atoms with Gasteiger partial charge < -0.3 is 15.2 Å². The third-order valence-electron chi connectivity index (χ3n) is 5.26. The Hall–Kier alpha value is -3.67. The first-order chi connectivity index (χ1) is 14.0. The molecule has 3 atom stereocenters. The van der Waals surface area contributed by atoms with Crippen molar-refractivity contribution in [3.63, 3.8) is 0 Å². The number of rotatable bonds is 0. The number of fused-ring (bicyclic) bond motifs is 7. The second kappa shape index (κ2) is 6.17. The molecule has 2 N–H and O–H groups in total. The maximum Gasteiger partial charge on any atom is 0.258 e. The maximum atomic E-state index is 13.9. The van der Waals surface area contributed by atoms with Crippen molar-refractivity contribution in [1.82, 2.24) is 19.7 Å². The first-order valence-corrected chi connectivity index (χ1v) is 9.19. The summed E-state index contributed by atoms with van der Waals surface area (Å²) in [6.07, 6.45) is 1.53. The molecule has 29 heavy (non-hydrogen) atoms. The molecule has 1 aliphatic carbocycles. The minimum absolute atomic E-state index is 0.00495. The van der Waals surface area contributed by atoms with E-state index in [1.807, 2.05) is 0 Å². The van der Waals surface area contributed by atoms with E-state index in [2.05, 4.69) is 21.1 Å². The van der Waals surface area contributed by atoms with Crippen LogP contribution >= 0.6 is 0 Å². The van der Waals surface area contributed by atoms with Crippen LogP contribution in [0.25, 0.3) is 11.3 Å². The zero-order valence-electron chi connectivity index (χ0n) is 15.8. The molecule has 8 nitrogen and oxygen atoms in total. The summed E-state index contributed by atoms with van der Waals surface area (Å²) < 4.78 is 27.5. The number of hydrogen-bond acceptors (Lipinski definition) is 7. The van der Waals surface area contributed by atoms with Gasteiger partial charge in [0.1, 0.15) is 35.5 Å². The third-order valence-corrected chi connectivity index (χ3v) is 5.26. The Morgan fingerprint density at radius 1 is 1.34 bits per heavy atom. The van der Waals surface area contributed by atoms with Crippen molar-refractivity contribution in [3.05, 3.63) is 47.2 Å². The zero-order valence-corrected chi connectivity index (χ0v) is 15.8. The van der Waals surface area contributed by atoms with Gasteiger partial charge in [0.05, 0.1) is 23.1 Å². The predicted molar refractivity (Wildman–Crippen MR) is 101 cm³/mol. The average molecular weight is 392 g/mol. The van der Waals surface area contributed by atoms with E-state index in [-0.39, 0.29) is 29.5 Å². The van der Waals surface area contributed by atoms with Crippen molar-refractivity contribution in [1.29, 1.82) is 5.26 Å². The van der Waals surface area contributed by atoms with E-state index in [4.69, 9.17) is 15.2 Å². The van der Waals surface area contributed by atoms with Crippen LogP contribution in [0.4, 0.5) is 10.2 Å². The van der Waals surface area contributed by atoms with Crippen LogP contribution < -0.4 is 15.2 Å². The summed E-state index contributed by atoms with van der Waals surface area (Å²) in [5.41, 5.74) is 8.68. The van der Waals surface area contributed by atoms with E-state index in [9.17, 15) is 9.65 Å². The molecular weight excluding hydrogens is 375 g/mol. The molecule has 2 aromatic heterocycles. The van der Waals surface area contributed by atoms with Gasteiger partial charge in [-0.05, 0) is 31.5 Å². The highest BCUT2D eigenvalue weighted by Gasteiger charge is 2.46. The average Bonchev–Trinajstić information content (AvgIpc) is 3.37. The Bertz CT molecular complexity index is 1180. The quantitative estimate of drug-likeness (QED) is 0.626. The Kier molecular flexibility index (Phi) is 3.71. The van der Waals surface area contributed by atoms with Crippen molar-refractivity contribution in [2.45, 2.75) is 31.5 Å². The molecule has 0 spiro atoms. The molecule has 1 aliphatic heterocycles. The Morgan fingerprint density at radius 2 is 2.17 bits per heavy atom. The fourth-order valence-corrected chi connectivity index (χ4v) is 3.70. The SMILES string of the molecule is C[C@H]1Oc2nc(cnc2N)-c2c(nn(C)c2C#N)C2CC2Oc2ccc(F)cc21. The smallest absolute Gasteiger partial charge is 0.258 e. The highest BCUT2D eigenvalue weighted by molar-refractivity contribution is 5.70. The lowest BCUT2D eigenvalue weighted by Crippen LogP contribution is -2.12. The number of halogens is 1. The number of aromatic nitrogens is 4. The number of ether oxygens (including phenoxy) is 2. The molecule has 3 heterocycles. The molecule has 2 aliphatic rings. The third kappa shape index (κ3) is 2.76. The molecule has 0 radical (unpaired) electrons. The van der Waals surface area contributed by atoms with Crippen molar-refractivity contribution in [3.8, 4) is 29.0 Å². The predicted octanol–water partition coefficient (Wildman–Crippen LogP) is 2.86. The van der Waals surface area contributed by atoms with Crippen LogP contribution in [-0.2, 0) is 7.05 Å². The highest BCUT2D eigenvalue weighted by Crippen LogP contribution is 2.48. The molecule has 1 aromatic carbocycles. The van der Waals surface area contributed by atoms with E-state index in [0.717, 1.165) is 12.1 Å². The summed E-state index contributed by atoms with van der Waals surface area (Å²) in [4.78, 5) is 8.72. The number of hydrogen-bond donors (Lipinski definition) is 1. The van der Waals surface area contributed by atoms with E-state index in [1.54, 1.807) is 20.0 Å². The molecule has 146 valence electrons. The number of nitrogen functional groups attached to an aromatic ring is 1. The van der Waals surface area contributed by atoms with Gasteiger partial charge in [0, 0.05) is 18.5 Å². The molecule has 0 saturated heterocycles. The minimum atomic E-state index is -0.576. The fourth-order valence-electron chi connectivity index (χ4n) is 3.70. The van der Waals surface area contributed by atoms with Crippen molar-refractivity contribution in [2.24, 2.45) is 7.05 Å². The molecule has 3 aromatic rings. The molecule has 2 unspecified atom stereocenters. The first-order valence-electron chi connectivity index (χ1n) is 9.19. The van der Waals surface area contributed by atoms with Crippen LogP contribution in [0.1, 0.15) is 42.3 Å². The molecule has 1 saturated carbocycles. The van der Waals surface area contributed by atoms with Gasteiger partial charge in [-0.3, -0.25) is 4.68 Å². The van der Waals surface area contributed by atoms with Crippen LogP contribution in [0, 0.1) is 17.1 Å². The van der Waals surface area contributed by atoms with E-state index < -0.39 is 6.10 Å². The van der Waals surface area contributed by atoms with Gasteiger partial charge in [-0.1, -0.05) is 0 Å². The lowest BCUT2D eigenvalue weighted by Gasteiger charge is -2.20. The van der Waals surface area contributed by atoms with Crippen LogP contribution in [-0.4, -0.2) is 25.9 Å². The second-order valence-corrected chi connectivity index (χ2v) is 7.23. The number of aryl methyl sites for hydroxylation is 1. The van der Waals surface area contributed by atoms with Crippen molar-refractivity contribution < 1.29 is 13.9 Å².